The summed E-state index contributed by atoms with van der Waals surface area (Å²) in [7, 11) is 0. The van der Waals surface area contributed by atoms with Crippen molar-refractivity contribution in [1.82, 2.24) is 0 Å². The Morgan fingerprint density at radius 3 is 2.26 bits per heavy atom. The Hall–Kier alpha value is -0.571. The number of hydrogen-bond acceptors (Lipinski definition) is 1. The van der Waals surface area contributed by atoms with Crippen LogP contribution in [0.15, 0.2) is 40.5 Å². The van der Waals surface area contributed by atoms with Gasteiger partial charge in [-0.2, -0.15) is 0 Å². The van der Waals surface area contributed by atoms with Crippen LogP contribution in [0, 0.1) is 5.92 Å². The van der Waals surface area contributed by atoms with Crippen LogP contribution in [-0.2, 0) is 0 Å². The van der Waals surface area contributed by atoms with Crippen LogP contribution in [0.3, 0.4) is 0 Å². The molecule has 104 valence electrons. The Morgan fingerprint density at radius 2 is 1.79 bits per heavy atom. The number of ketones is 1. The Balaban J connectivity index is 2.97. The molecule has 0 aliphatic heterocycles. The third-order valence-electron chi connectivity index (χ3n) is 3.61. The molecule has 0 heterocycles. The summed E-state index contributed by atoms with van der Waals surface area (Å²) < 4.78 is 1.26. The van der Waals surface area contributed by atoms with Crippen molar-refractivity contribution in [3.8, 4) is 0 Å². The number of unbranched alkanes of at least 4 members (excludes halogenated alkanes) is 1. The number of rotatable bonds is 7. The van der Waals surface area contributed by atoms with Gasteiger partial charge in [0.15, 0.2) is 0 Å². The van der Waals surface area contributed by atoms with Crippen molar-refractivity contribution < 1.29 is 4.79 Å². The van der Waals surface area contributed by atoms with Gasteiger partial charge in [0, 0.05) is 0 Å². The second kappa shape index (κ2) is 7.27. The van der Waals surface area contributed by atoms with Crippen LogP contribution in [0.25, 0.3) is 0 Å². The van der Waals surface area contributed by atoms with Gasteiger partial charge < -0.3 is 0 Å². The maximum absolute atomic E-state index is 12.7. The standard InChI is InChI=1S/C14H17O.3CH3.Sn/c1-3-5-9-12(4-2)14(15)13-10-7-6-8-11-13;;;;/h6-8,10-12H,2-3,5,9H2,1H3;3*1H3;. The monoisotopic (exact) mass is 366 g/mol. The SMILES string of the molecule is C=[C](C(CCCC)C(=O)c1ccccc1)[Sn]([CH3])([CH3])[CH3]. The van der Waals surface area contributed by atoms with Gasteiger partial charge >= 0.3 is 122 Å². The number of allylic oxidation sites excluding steroid dienone is 1. The van der Waals surface area contributed by atoms with Crippen LogP contribution in [0.4, 0.5) is 0 Å². The topological polar surface area (TPSA) is 17.1 Å². The van der Waals surface area contributed by atoms with E-state index < -0.39 is 18.4 Å². The Morgan fingerprint density at radius 1 is 1.21 bits per heavy atom. The fraction of sp³-hybridized carbons (Fsp3) is 0.471. The molecule has 1 nitrogen and oxygen atoms in total. The number of Topliss-reactive ketones (excluding diaryl/α,β-unsaturated/α-hetero) is 1. The molecule has 0 radical (unpaired) electrons. The molecule has 0 aliphatic rings. The van der Waals surface area contributed by atoms with Crippen LogP contribution in [-0.4, -0.2) is 24.2 Å². The summed E-state index contributed by atoms with van der Waals surface area (Å²) in [6, 6.07) is 9.68. The van der Waals surface area contributed by atoms with Crippen LogP contribution in [0.5, 0.6) is 0 Å². The van der Waals surface area contributed by atoms with Gasteiger partial charge in [-0.3, -0.25) is 0 Å². The first-order chi connectivity index (χ1) is 8.88. The van der Waals surface area contributed by atoms with Crippen molar-refractivity contribution in [2.75, 3.05) is 0 Å². The van der Waals surface area contributed by atoms with Crippen molar-refractivity contribution in [3.63, 3.8) is 0 Å². The fourth-order valence-electron chi connectivity index (χ4n) is 2.20. The zero-order valence-corrected chi connectivity index (χ0v) is 15.6. The number of benzene rings is 1. The average molecular weight is 365 g/mol. The van der Waals surface area contributed by atoms with E-state index in [9.17, 15) is 4.79 Å². The molecule has 1 aromatic carbocycles. The summed E-state index contributed by atoms with van der Waals surface area (Å²) in [6.45, 7) is 6.47. The molecule has 0 aromatic heterocycles. The number of hydrogen-bond donors (Lipinski definition) is 0. The molecule has 1 rings (SSSR count). The molecule has 0 saturated carbocycles. The van der Waals surface area contributed by atoms with Gasteiger partial charge in [-0.1, -0.05) is 0 Å². The van der Waals surface area contributed by atoms with E-state index in [1.807, 2.05) is 30.3 Å². The van der Waals surface area contributed by atoms with Crippen molar-refractivity contribution in [3.05, 3.63) is 46.1 Å². The first-order valence-electron chi connectivity index (χ1n) is 7.16. The Labute approximate surface area is 122 Å². The van der Waals surface area contributed by atoms with E-state index in [1.165, 1.54) is 3.59 Å². The minimum absolute atomic E-state index is 0.0400. The minimum atomic E-state index is -2.23. The second-order valence-corrected chi connectivity index (χ2v) is 20.9. The van der Waals surface area contributed by atoms with Gasteiger partial charge in [-0.15, -0.1) is 0 Å². The molecule has 1 aromatic rings. The predicted octanol–water partition coefficient (Wildman–Crippen LogP) is 5.11. The van der Waals surface area contributed by atoms with E-state index in [0.29, 0.717) is 0 Å². The van der Waals surface area contributed by atoms with E-state index in [-0.39, 0.29) is 11.7 Å². The van der Waals surface area contributed by atoms with Crippen molar-refractivity contribution in [2.45, 2.75) is 41.0 Å². The molecule has 0 aliphatic carbocycles. The normalized spacial score (nSPS) is 13.1. The molecule has 0 fully saturated rings. The quantitative estimate of drug-likeness (QED) is 0.485. The zero-order chi connectivity index (χ0) is 14.5. The second-order valence-electron chi connectivity index (χ2n) is 6.20. The summed E-state index contributed by atoms with van der Waals surface area (Å²) in [5.74, 6) is 0.309. The summed E-state index contributed by atoms with van der Waals surface area (Å²) in [6.07, 6.45) is 3.19. The Bertz CT molecular complexity index is 428. The van der Waals surface area contributed by atoms with E-state index >= 15 is 0 Å². The van der Waals surface area contributed by atoms with E-state index in [4.69, 9.17) is 0 Å². The van der Waals surface area contributed by atoms with Gasteiger partial charge in [-0.05, 0) is 0 Å². The molecular formula is C17H26OSn. The fourth-order valence-corrected chi connectivity index (χ4v) is 5.97. The van der Waals surface area contributed by atoms with Crippen LogP contribution < -0.4 is 0 Å². The molecule has 1 atom stereocenters. The summed E-state index contributed by atoms with van der Waals surface area (Å²) in [5.41, 5.74) is 0.834. The van der Waals surface area contributed by atoms with Crippen molar-refractivity contribution >= 4 is 24.2 Å². The third-order valence-corrected chi connectivity index (χ3v) is 10.1. The van der Waals surface area contributed by atoms with Gasteiger partial charge in [0.1, 0.15) is 0 Å². The van der Waals surface area contributed by atoms with Gasteiger partial charge in [0.05, 0.1) is 0 Å². The van der Waals surface area contributed by atoms with Gasteiger partial charge in [-0.25, -0.2) is 0 Å². The predicted molar refractivity (Wildman–Crippen MR) is 86.3 cm³/mol. The van der Waals surface area contributed by atoms with Gasteiger partial charge in [0.2, 0.25) is 0 Å². The molecule has 0 N–H and O–H groups in total. The Kier molecular flexibility index (Phi) is 6.31. The van der Waals surface area contributed by atoms with Crippen LogP contribution >= 0.6 is 0 Å². The molecule has 0 amide bonds. The molecule has 0 saturated heterocycles. The molecule has 0 spiro atoms. The van der Waals surface area contributed by atoms with Gasteiger partial charge in [0.25, 0.3) is 0 Å². The molecule has 2 heteroatoms. The summed E-state index contributed by atoms with van der Waals surface area (Å²) in [4.78, 5) is 19.7. The number of carbonyl (C=O) groups is 1. The average Bonchev–Trinajstić information content (AvgIpc) is 2.38. The van der Waals surface area contributed by atoms with Crippen molar-refractivity contribution in [1.29, 1.82) is 0 Å². The van der Waals surface area contributed by atoms with E-state index in [1.54, 1.807) is 0 Å². The maximum atomic E-state index is 12.7. The first kappa shape index (κ1) is 16.5. The summed E-state index contributed by atoms with van der Waals surface area (Å²) in [5, 5.41) is 0. The summed E-state index contributed by atoms with van der Waals surface area (Å²) >= 11 is -2.23. The third kappa shape index (κ3) is 4.79. The molecule has 1 unspecified atom stereocenters. The molecular weight excluding hydrogens is 339 g/mol. The molecule has 19 heavy (non-hydrogen) atoms. The van der Waals surface area contributed by atoms with Crippen molar-refractivity contribution in [2.24, 2.45) is 5.92 Å². The van der Waals surface area contributed by atoms with Crippen LogP contribution in [0.2, 0.25) is 14.8 Å². The first-order valence-corrected chi connectivity index (χ1v) is 17.2. The number of carbonyl (C=O) groups excluding carboxylic acids is 1. The molecule has 0 bridgehead atoms. The van der Waals surface area contributed by atoms with Crippen LogP contribution in [0.1, 0.15) is 36.5 Å². The zero-order valence-electron chi connectivity index (χ0n) is 12.7. The van der Waals surface area contributed by atoms with E-state index in [0.717, 1.165) is 24.8 Å². The van der Waals surface area contributed by atoms with E-state index in [2.05, 4.69) is 28.3 Å².